The summed E-state index contributed by atoms with van der Waals surface area (Å²) in [6.45, 7) is 2.13. The predicted molar refractivity (Wildman–Crippen MR) is 74.1 cm³/mol. The van der Waals surface area contributed by atoms with E-state index in [1.807, 2.05) is 0 Å². The molecule has 1 atom stereocenters. The number of anilines is 1. The summed E-state index contributed by atoms with van der Waals surface area (Å²) in [4.78, 5) is 10.6. The first-order valence-corrected chi connectivity index (χ1v) is 7.06. The van der Waals surface area contributed by atoms with Crippen molar-refractivity contribution in [1.29, 1.82) is 0 Å². The quantitative estimate of drug-likeness (QED) is 0.656. The summed E-state index contributed by atoms with van der Waals surface area (Å²) < 4.78 is 1.49. The van der Waals surface area contributed by atoms with Crippen LogP contribution in [0.25, 0.3) is 0 Å². The van der Waals surface area contributed by atoms with Crippen molar-refractivity contribution < 1.29 is 4.92 Å². The van der Waals surface area contributed by atoms with Crippen LogP contribution in [-0.4, -0.2) is 20.7 Å². The van der Waals surface area contributed by atoms with E-state index in [9.17, 15) is 10.1 Å². The first-order chi connectivity index (χ1) is 9.11. The molecular formula is C13H22N4O2. The molecule has 1 aliphatic carbocycles. The lowest BCUT2D eigenvalue weighted by Gasteiger charge is -2.30. The van der Waals surface area contributed by atoms with Gasteiger partial charge in [0, 0.05) is 13.1 Å². The third kappa shape index (κ3) is 3.24. The zero-order chi connectivity index (χ0) is 13.8. The Bertz CT molecular complexity index is 438. The number of hydrogen-bond donors (Lipinski definition) is 1. The minimum Gasteiger partial charge on any atom is -0.360 e. The van der Waals surface area contributed by atoms with Crippen LogP contribution < -0.4 is 5.32 Å². The largest absolute Gasteiger partial charge is 0.360 e. The van der Waals surface area contributed by atoms with Crippen LogP contribution in [0.2, 0.25) is 0 Å². The number of aryl methyl sites for hydroxylation is 1. The Balaban J connectivity index is 2.11. The van der Waals surface area contributed by atoms with E-state index in [0.29, 0.717) is 11.7 Å². The van der Waals surface area contributed by atoms with Crippen molar-refractivity contribution in [1.82, 2.24) is 9.78 Å². The lowest BCUT2D eigenvalue weighted by molar-refractivity contribution is -0.384. The number of rotatable bonds is 5. The van der Waals surface area contributed by atoms with Crippen molar-refractivity contribution >= 4 is 11.5 Å². The highest BCUT2D eigenvalue weighted by Crippen LogP contribution is 2.31. The van der Waals surface area contributed by atoms with Crippen molar-refractivity contribution in [2.24, 2.45) is 13.0 Å². The molecule has 0 aromatic carbocycles. The highest BCUT2D eigenvalue weighted by atomic mass is 16.6. The molecule has 1 aliphatic rings. The Morgan fingerprint density at radius 1 is 1.53 bits per heavy atom. The Kier molecular flexibility index (Phi) is 4.39. The monoisotopic (exact) mass is 266 g/mol. The molecule has 1 aromatic rings. The molecule has 1 heterocycles. The molecule has 1 N–H and O–H groups in total. The van der Waals surface area contributed by atoms with Crippen molar-refractivity contribution in [3.05, 3.63) is 16.3 Å². The van der Waals surface area contributed by atoms with E-state index in [2.05, 4.69) is 17.3 Å². The highest BCUT2D eigenvalue weighted by molar-refractivity contribution is 5.55. The zero-order valence-electron chi connectivity index (χ0n) is 11.6. The number of aromatic nitrogens is 2. The first-order valence-electron chi connectivity index (χ1n) is 7.06. The van der Waals surface area contributed by atoms with Gasteiger partial charge in [0.05, 0.1) is 4.92 Å². The summed E-state index contributed by atoms with van der Waals surface area (Å²) in [6.07, 6.45) is 8.71. The number of nitrogens with zero attached hydrogens (tertiary/aromatic N) is 3. The first kappa shape index (κ1) is 13.8. The van der Waals surface area contributed by atoms with E-state index in [4.69, 9.17) is 0 Å². The second kappa shape index (κ2) is 6.04. The van der Waals surface area contributed by atoms with Gasteiger partial charge in [0.25, 0.3) is 0 Å². The van der Waals surface area contributed by atoms with Crippen LogP contribution in [-0.2, 0) is 7.05 Å². The van der Waals surface area contributed by atoms with Gasteiger partial charge in [0.1, 0.15) is 6.20 Å². The van der Waals surface area contributed by atoms with Gasteiger partial charge in [-0.15, -0.1) is 5.10 Å². The van der Waals surface area contributed by atoms with E-state index >= 15 is 0 Å². The van der Waals surface area contributed by atoms with E-state index in [1.54, 1.807) is 7.05 Å². The van der Waals surface area contributed by atoms with Crippen LogP contribution in [0, 0.1) is 16.0 Å². The normalized spacial score (nSPS) is 18.2. The molecule has 0 spiro atoms. The summed E-state index contributed by atoms with van der Waals surface area (Å²) in [5.74, 6) is 1.02. The predicted octanol–water partition coefficient (Wildman–Crippen LogP) is 3.10. The topological polar surface area (TPSA) is 73.0 Å². The van der Waals surface area contributed by atoms with Crippen LogP contribution in [0.15, 0.2) is 6.20 Å². The van der Waals surface area contributed by atoms with Crippen LogP contribution >= 0.6 is 0 Å². The molecule has 1 fully saturated rings. The molecule has 0 saturated heterocycles. The van der Waals surface area contributed by atoms with Crippen LogP contribution in [0.1, 0.15) is 45.4 Å². The highest BCUT2D eigenvalue weighted by Gasteiger charge is 2.26. The van der Waals surface area contributed by atoms with Gasteiger partial charge in [-0.2, -0.15) is 0 Å². The molecule has 1 aromatic heterocycles. The smallest absolute Gasteiger partial charge is 0.330 e. The summed E-state index contributed by atoms with van der Waals surface area (Å²) in [5.41, 5.74) is 0.0664. The molecule has 106 valence electrons. The molecule has 1 saturated carbocycles. The Morgan fingerprint density at radius 2 is 2.21 bits per heavy atom. The van der Waals surface area contributed by atoms with Gasteiger partial charge in [0.2, 0.25) is 5.82 Å². The summed E-state index contributed by atoms with van der Waals surface area (Å²) in [5, 5.41) is 18.5. The van der Waals surface area contributed by atoms with Gasteiger partial charge >= 0.3 is 5.69 Å². The van der Waals surface area contributed by atoms with Gasteiger partial charge in [-0.1, -0.05) is 26.2 Å². The average Bonchev–Trinajstić information content (AvgIpc) is 2.78. The number of nitro groups is 1. The van der Waals surface area contributed by atoms with Crippen LogP contribution in [0.3, 0.4) is 0 Å². The SMILES string of the molecule is CCC(Nc1nn(C)cc1[N+](=O)[O-])C1CCCCC1. The number of nitrogens with one attached hydrogen (secondary N) is 1. The van der Waals surface area contributed by atoms with E-state index in [-0.39, 0.29) is 16.7 Å². The fourth-order valence-corrected chi connectivity index (χ4v) is 2.98. The average molecular weight is 266 g/mol. The van der Waals surface area contributed by atoms with Gasteiger partial charge in [-0.25, -0.2) is 0 Å². The zero-order valence-corrected chi connectivity index (χ0v) is 11.6. The van der Waals surface area contributed by atoms with Crippen LogP contribution in [0.4, 0.5) is 11.5 Å². The Hall–Kier alpha value is -1.59. The fraction of sp³-hybridized carbons (Fsp3) is 0.769. The van der Waals surface area contributed by atoms with Gasteiger partial charge in [0.15, 0.2) is 0 Å². The number of hydrogen-bond acceptors (Lipinski definition) is 4. The molecule has 0 amide bonds. The third-order valence-corrected chi connectivity index (χ3v) is 3.99. The summed E-state index contributed by atoms with van der Waals surface area (Å²) in [6, 6.07) is 0.286. The van der Waals surface area contributed by atoms with E-state index in [0.717, 1.165) is 6.42 Å². The molecule has 0 bridgehead atoms. The van der Waals surface area contributed by atoms with Crippen molar-refractivity contribution in [2.45, 2.75) is 51.5 Å². The molecule has 6 heteroatoms. The Morgan fingerprint density at radius 3 is 2.79 bits per heavy atom. The lowest BCUT2D eigenvalue weighted by Crippen LogP contribution is -2.30. The molecule has 19 heavy (non-hydrogen) atoms. The van der Waals surface area contributed by atoms with Crippen LogP contribution in [0.5, 0.6) is 0 Å². The minimum absolute atomic E-state index is 0.0664. The molecule has 0 aliphatic heterocycles. The van der Waals surface area contributed by atoms with Crippen molar-refractivity contribution in [3.8, 4) is 0 Å². The van der Waals surface area contributed by atoms with Gasteiger partial charge in [-0.3, -0.25) is 14.8 Å². The molecule has 0 radical (unpaired) electrons. The summed E-state index contributed by atoms with van der Waals surface area (Å²) >= 11 is 0. The maximum absolute atomic E-state index is 11.0. The van der Waals surface area contributed by atoms with Crippen molar-refractivity contribution in [3.63, 3.8) is 0 Å². The second-order valence-electron chi connectivity index (χ2n) is 5.35. The summed E-state index contributed by atoms with van der Waals surface area (Å²) in [7, 11) is 1.71. The molecule has 6 nitrogen and oxygen atoms in total. The molecule has 1 unspecified atom stereocenters. The lowest BCUT2D eigenvalue weighted by atomic mass is 9.83. The Labute approximate surface area is 113 Å². The van der Waals surface area contributed by atoms with Crippen molar-refractivity contribution in [2.75, 3.05) is 5.32 Å². The molecule has 2 rings (SSSR count). The standard InChI is InChI=1S/C13H22N4O2/c1-3-11(10-7-5-4-6-8-10)14-13-12(17(18)19)9-16(2)15-13/h9-11H,3-8H2,1-2H3,(H,14,15). The minimum atomic E-state index is -0.372. The maximum atomic E-state index is 11.0. The maximum Gasteiger partial charge on any atom is 0.330 e. The van der Waals surface area contributed by atoms with Gasteiger partial charge < -0.3 is 5.32 Å². The fourth-order valence-electron chi connectivity index (χ4n) is 2.98. The third-order valence-electron chi connectivity index (χ3n) is 3.99. The van der Waals surface area contributed by atoms with Gasteiger partial charge in [-0.05, 0) is 25.2 Å². The van der Waals surface area contributed by atoms with E-state index in [1.165, 1.54) is 43.0 Å². The second-order valence-corrected chi connectivity index (χ2v) is 5.35. The molecular weight excluding hydrogens is 244 g/mol. The van der Waals surface area contributed by atoms with E-state index < -0.39 is 0 Å².